The fraction of sp³-hybridized carbons (Fsp3) is 0.0667. The molecule has 3 heterocycles. The first kappa shape index (κ1) is 40.1. The van der Waals surface area contributed by atoms with Gasteiger partial charge in [-0.25, -0.2) is 4.98 Å². The van der Waals surface area contributed by atoms with Crippen molar-refractivity contribution >= 4 is 98.5 Å². The van der Waals surface area contributed by atoms with Crippen molar-refractivity contribution in [1.29, 1.82) is 0 Å². The molecule has 1 aliphatic heterocycles. The van der Waals surface area contributed by atoms with Crippen LogP contribution < -0.4 is 14.5 Å². The number of nitrogens with zero attached hydrogens (tertiary/aromatic N) is 4. The molecule has 0 saturated carbocycles. The Kier molecular flexibility index (Phi) is 9.31. The zero-order valence-electron chi connectivity index (χ0n) is 36.5. The summed E-state index contributed by atoms with van der Waals surface area (Å²) in [5, 5.41) is 12.9. The van der Waals surface area contributed by atoms with E-state index in [0.717, 1.165) is 66.8 Å². The van der Waals surface area contributed by atoms with Crippen LogP contribution in [0.1, 0.15) is 26.3 Å². The van der Waals surface area contributed by atoms with E-state index in [-0.39, 0.29) is 26.5 Å². The number of pyridine rings is 1. The van der Waals surface area contributed by atoms with Gasteiger partial charge in [-0.3, -0.25) is 0 Å². The number of hydrogen-bond donors (Lipinski definition) is 0. The molecule has 0 spiro atoms. The number of fused-ring (bicyclic) bond motifs is 13. The van der Waals surface area contributed by atoms with Crippen molar-refractivity contribution in [2.45, 2.75) is 26.2 Å². The maximum absolute atomic E-state index is 6.91. The summed E-state index contributed by atoms with van der Waals surface area (Å²) in [4.78, 5) is 10.1. The van der Waals surface area contributed by atoms with Crippen LogP contribution in [0.4, 0.5) is 22.7 Å². The summed E-state index contributed by atoms with van der Waals surface area (Å²) in [7, 11) is 0. The third-order valence-electron chi connectivity index (χ3n) is 13.1. The normalized spacial score (nSPS) is 12.8. The van der Waals surface area contributed by atoms with Crippen molar-refractivity contribution in [3.05, 3.63) is 212 Å². The molecular weight excluding hydrogens is 988 g/mol. The molecule has 2 aromatic heterocycles. The van der Waals surface area contributed by atoms with Gasteiger partial charge in [0.05, 0.1) is 5.52 Å². The zero-order chi connectivity index (χ0) is 43.4. The predicted molar refractivity (Wildman–Crippen MR) is 270 cm³/mol. The van der Waals surface area contributed by atoms with Crippen LogP contribution in [0.15, 0.2) is 188 Å². The molecule has 10 aromatic carbocycles. The molecule has 0 amide bonds. The third-order valence-corrected chi connectivity index (χ3v) is 13.1. The Morgan fingerprint density at radius 3 is 1.89 bits per heavy atom. The van der Waals surface area contributed by atoms with Crippen LogP contribution in [-0.2, 0) is 26.5 Å². The number of ether oxygens (including phenoxy) is 1. The van der Waals surface area contributed by atoms with Crippen LogP contribution >= 0.6 is 0 Å². The summed E-state index contributed by atoms with van der Waals surface area (Å²) in [5.74, 6) is 2.07. The number of para-hydroxylation sites is 4. The zero-order valence-corrected chi connectivity index (χ0v) is 38.8. The minimum absolute atomic E-state index is 0. The van der Waals surface area contributed by atoms with Gasteiger partial charge in [-0.05, 0) is 85.6 Å². The molecule has 0 unspecified atom stereocenters. The molecular formula is C60H41N4OPt-3. The first-order chi connectivity index (χ1) is 31.9. The van der Waals surface area contributed by atoms with Crippen LogP contribution in [-0.4, -0.2) is 9.55 Å². The quantitative estimate of drug-likeness (QED) is 0.127. The van der Waals surface area contributed by atoms with Crippen LogP contribution in [0.3, 0.4) is 0 Å². The van der Waals surface area contributed by atoms with E-state index in [0.29, 0.717) is 11.5 Å². The number of hydrogen-bond acceptors (Lipinski definition) is 4. The topological polar surface area (TPSA) is 33.5 Å². The number of anilines is 4. The first-order valence-electron chi connectivity index (χ1n) is 22.2. The van der Waals surface area contributed by atoms with E-state index < -0.39 is 0 Å². The van der Waals surface area contributed by atoms with Crippen molar-refractivity contribution in [1.82, 2.24) is 9.55 Å². The van der Waals surface area contributed by atoms with Gasteiger partial charge in [0.15, 0.2) is 0 Å². The van der Waals surface area contributed by atoms with Crippen LogP contribution in [0, 0.1) is 18.8 Å². The molecule has 0 saturated heterocycles. The van der Waals surface area contributed by atoms with Gasteiger partial charge in [0.2, 0.25) is 0 Å². The molecule has 12 aromatic rings. The minimum Gasteiger partial charge on any atom is -0.509 e. The van der Waals surface area contributed by atoms with E-state index in [1.165, 1.54) is 43.1 Å². The van der Waals surface area contributed by atoms with Gasteiger partial charge >= 0.3 is 0 Å². The summed E-state index contributed by atoms with van der Waals surface area (Å²) >= 11 is 0. The van der Waals surface area contributed by atoms with Crippen LogP contribution in [0.25, 0.3) is 81.6 Å². The molecule has 0 atom stereocenters. The molecule has 0 bridgehead atoms. The molecule has 0 N–H and O–H groups in total. The fourth-order valence-corrected chi connectivity index (χ4v) is 10.0. The Labute approximate surface area is 397 Å². The summed E-state index contributed by atoms with van der Waals surface area (Å²) in [6, 6.07) is 74.3. The van der Waals surface area contributed by atoms with Gasteiger partial charge in [-0.15, -0.1) is 53.6 Å². The van der Waals surface area contributed by atoms with E-state index in [1.807, 2.05) is 12.1 Å². The average molecular weight is 1030 g/mol. The monoisotopic (exact) mass is 1030 g/mol. The Morgan fingerprint density at radius 2 is 1.12 bits per heavy atom. The molecule has 0 fully saturated rings. The maximum Gasteiger partial charge on any atom is 0.144 e. The smallest absolute Gasteiger partial charge is 0.144 e. The van der Waals surface area contributed by atoms with Crippen LogP contribution in [0.5, 0.6) is 11.5 Å². The van der Waals surface area contributed by atoms with Crippen molar-refractivity contribution < 1.29 is 25.8 Å². The van der Waals surface area contributed by atoms with E-state index in [4.69, 9.17) is 9.72 Å². The number of benzene rings is 10. The Hall–Kier alpha value is -7.46. The van der Waals surface area contributed by atoms with Crippen molar-refractivity contribution in [3.63, 3.8) is 0 Å². The molecule has 0 radical (unpaired) electrons. The maximum atomic E-state index is 6.91. The SMILES string of the molecule is CC(C)(C)c1cc(Oc2[c-]c3c(cc2)c2ccccc2n3-c2nc3ccc4ccc5ccccc5c4c3c3c2ccc2ccccc23)[c-]c(N2[CH-]N(c3ccccc3)c3ccccc32)c1.[Pt]. The second-order valence-electron chi connectivity index (χ2n) is 18.1. The standard InChI is InChI=1S/C60H41N4O.Pt/c1-60(2,3)41-33-43(63-37-62(42-17-5-4-6-18-42)53-23-13-14-24-54(53)63)35-45(34-41)65-44-29-31-49-48-21-11-12-22-52(48)64(55(49)36-44)59-50-30-27-39-16-8-10-20-47(39)57(50)58-51(61-59)32-28-40-26-25-38-15-7-9-19-46(38)56(40)58;/h4-34,37H,1-3H3;/q-3;. The largest absolute Gasteiger partial charge is 0.509 e. The Bertz CT molecular complexity index is 3910. The summed E-state index contributed by atoms with van der Waals surface area (Å²) in [5.41, 5.74) is 8.03. The van der Waals surface area contributed by atoms with Crippen molar-refractivity contribution in [2.75, 3.05) is 9.80 Å². The number of aromatic nitrogens is 2. The molecule has 13 rings (SSSR count). The second kappa shape index (κ2) is 15.3. The molecule has 0 aliphatic carbocycles. The van der Waals surface area contributed by atoms with Gasteiger partial charge < -0.3 is 19.1 Å². The third kappa shape index (κ3) is 6.29. The van der Waals surface area contributed by atoms with Gasteiger partial charge in [-0.2, -0.15) is 6.07 Å². The minimum atomic E-state index is -0.162. The van der Waals surface area contributed by atoms with Crippen molar-refractivity contribution in [3.8, 4) is 17.3 Å². The second-order valence-corrected chi connectivity index (χ2v) is 18.1. The molecule has 6 heteroatoms. The van der Waals surface area contributed by atoms with Gasteiger partial charge in [0, 0.05) is 71.3 Å². The van der Waals surface area contributed by atoms with E-state index in [2.05, 4.69) is 230 Å². The van der Waals surface area contributed by atoms with E-state index >= 15 is 0 Å². The van der Waals surface area contributed by atoms with Gasteiger partial charge in [-0.1, -0.05) is 148 Å². The Morgan fingerprint density at radius 1 is 0.500 bits per heavy atom. The van der Waals surface area contributed by atoms with Crippen molar-refractivity contribution in [2.24, 2.45) is 0 Å². The summed E-state index contributed by atoms with van der Waals surface area (Å²) < 4.78 is 9.20. The van der Waals surface area contributed by atoms with E-state index in [1.54, 1.807) is 0 Å². The molecule has 5 nitrogen and oxygen atoms in total. The van der Waals surface area contributed by atoms with E-state index in [9.17, 15) is 0 Å². The van der Waals surface area contributed by atoms with Gasteiger partial charge in [0.1, 0.15) is 5.82 Å². The summed E-state index contributed by atoms with van der Waals surface area (Å²) in [6.07, 6.45) is 0. The summed E-state index contributed by atoms with van der Waals surface area (Å²) in [6.45, 7) is 8.85. The van der Waals surface area contributed by atoms with Crippen LogP contribution in [0.2, 0.25) is 0 Å². The molecule has 320 valence electrons. The molecule has 1 aliphatic rings. The number of rotatable bonds is 5. The fourth-order valence-electron chi connectivity index (χ4n) is 10.0. The Balaban J connectivity index is 0.00000456. The average Bonchev–Trinajstić information content (AvgIpc) is 3.89. The van der Waals surface area contributed by atoms with Gasteiger partial charge in [0.25, 0.3) is 0 Å². The predicted octanol–water partition coefficient (Wildman–Crippen LogP) is 16.0. The molecule has 66 heavy (non-hydrogen) atoms. The first-order valence-corrected chi connectivity index (χ1v) is 22.2.